The lowest BCUT2D eigenvalue weighted by molar-refractivity contribution is 0.243. The van der Waals surface area contributed by atoms with E-state index in [1.165, 1.54) is 0 Å². The van der Waals surface area contributed by atoms with Crippen LogP contribution in [0, 0.1) is 0 Å². The molecule has 0 spiro atoms. The molecular formula is C42H54O18P6. The summed E-state index contributed by atoms with van der Waals surface area (Å²) in [5.74, 6) is -7.33. The molecule has 0 bridgehead atoms. The Bertz CT molecular complexity index is 1910. The summed E-state index contributed by atoms with van der Waals surface area (Å²) in [5.41, 5.74) is 2.91. The minimum absolute atomic E-state index is 0.485. The van der Waals surface area contributed by atoms with Crippen molar-refractivity contribution in [2.75, 3.05) is 0 Å². The molecule has 0 saturated heterocycles. The molecule has 0 aliphatic rings. The smallest absolute Gasteiger partial charge is 0.221 e. The van der Waals surface area contributed by atoms with E-state index in [1.807, 2.05) is 0 Å². The third-order valence-electron chi connectivity index (χ3n) is 8.10. The Hall–Kier alpha value is -3.78. The van der Waals surface area contributed by atoms with Gasteiger partial charge in [-0.05, 0) is 33.4 Å². The van der Waals surface area contributed by atoms with E-state index in [1.54, 1.807) is 182 Å². The minimum atomic E-state index is -2.86. The molecule has 6 aromatic rings. The topological polar surface area (TPSA) is 345 Å². The van der Waals surface area contributed by atoms with E-state index in [-0.39, 0.29) is 0 Å². The zero-order valence-electron chi connectivity index (χ0n) is 34.6. The molecule has 0 heterocycles. The first-order chi connectivity index (χ1) is 31.3. The Morgan fingerprint density at radius 1 is 0.212 bits per heavy atom. The van der Waals surface area contributed by atoms with E-state index < -0.39 is 83.2 Å². The van der Waals surface area contributed by atoms with Crippen molar-refractivity contribution in [3.05, 3.63) is 215 Å². The van der Waals surface area contributed by atoms with Crippen molar-refractivity contribution in [2.24, 2.45) is 0 Å². The van der Waals surface area contributed by atoms with Gasteiger partial charge in [-0.2, -0.15) is 0 Å². The van der Waals surface area contributed by atoms with Gasteiger partial charge in [0, 0.05) is 0 Å². The lowest BCUT2D eigenvalue weighted by Gasteiger charge is -2.04. The van der Waals surface area contributed by atoms with Gasteiger partial charge in [0.15, 0.2) is 35.1 Å². The zero-order valence-corrected chi connectivity index (χ0v) is 40.6. The fourth-order valence-corrected chi connectivity index (χ4v) is 7.53. The van der Waals surface area contributed by atoms with Crippen LogP contribution in [0.25, 0.3) is 0 Å². The van der Waals surface area contributed by atoms with E-state index >= 15 is 0 Å². The molecule has 0 amide bonds. The van der Waals surface area contributed by atoms with Crippen LogP contribution in [0.2, 0.25) is 0 Å². The number of aliphatic hydroxyl groups excluding tert-OH is 6. The molecule has 18 nitrogen and oxygen atoms in total. The van der Waals surface area contributed by atoms with Gasteiger partial charge in [-0.25, -0.2) is 0 Å². The molecule has 360 valence electrons. The Morgan fingerprint density at radius 2 is 0.303 bits per heavy atom. The molecule has 12 N–H and O–H groups in total. The first-order valence-electron chi connectivity index (χ1n) is 19.0. The van der Waals surface area contributed by atoms with E-state index in [9.17, 15) is 27.4 Å². The molecule has 0 aliphatic heterocycles. The van der Waals surface area contributed by atoms with Crippen LogP contribution in [0.5, 0.6) is 0 Å². The minimum Gasteiger partial charge on any atom is -0.378 e. The maximum Gasteiger partial charge on any atom is 0.221 e. The predicted octanol–water partition coefficient (Wildman–Crippen LogP) is 6.87. The Balaban J connectivity index is 0.000000396. The van der Waals surface area contributed by atoms with Crippen molar-refractivity contribution < 1.29 is 87.4 Å². The van der Waals surface area contributed by atoms with Crippen molar-refractivity contribution >= 4 is 48.2 Å². The number of aliphatic hydroxyl groups is 6. The number of hydrogen-bond acceptors (Lipinski definition) is 12. The maximum atomic E-state index is 10.4. The molecule has 0 aliphatic carbocycles. The Labute approximate surface area is 384 Å². The average molecular weight is 1030 g/mol. The van der Waals surface area contributed by atoms with Gasteiger partial charge >= 0.3 is 0 Å². The quantitative estimate of drug-likeness (QED) is 0.0556. The fraction of sp³-hybridized carbons (Fsp3) is 0.143. The largest absolute Gasteiger partial charge is 0.378 e. The van der Waals surface area contributed by atoms with Crippen LogP contribution >= 0.6 is 48.2 Å². The van der Waals surface area contributed by atoms with E-state index in [2.05, 4.69) is 0 Å². The fourth-order valence-electron chi connectivity index (χ4n) is 4.67. The molecule has 0 aromatic heterocycles. The van der Waals surface area contributed by atoms with Gasteiger partial charge in [0.1, 0.15) is 0 Å². The van der Waals surface area contributed by atoms with Gasteiger partial charge in [-0.3, -0.25) is 27.4 Å². The average Bonchev–Trinajstić information content (AvgIpc) is 3.35. The second kappa shape index (κ2) is 34.5. The summed E-state index contributed by atoms with van der Waals surface area (Å²) in [6.45, 7) is 0. The van der Waals surface area contributed by atoms with Gasteiger partial charge in [-0.1, -0.05) is 182 Å². The van der Waals surface area contributed by atoms with Gasteiger partial charge in [-0.15, -0.1) is 0 Å². The summed E-state index contributed by atoms with van der Waals surface area (Å²) >= 11 is 0. The second-order valence-electron chi connectivity index (χ2n) is 12.9. The van der Waals surface area contributed by atoms with Gasteiger partial charge < -0.3 is 60.0 Å². The maximum absolute atomic E-state index is 10.4. The highest BCUT2D eigenvalue weighted by molar-refractivity contribution is 7.39. The van der Waals surface area contributed by atoms with Crippen LogP contribution in [-0.2, 0) is 27.4 Å². The molecular weight excluding hydrogens is 978 g/mol. The van der Waals surface area contributed by atoms with E-state index in [0.29, 0.717) is 33.4 Å². The van der Waals surface area contributed by atoms with Gasteiger partial charge in [0.25, 0.3) is 0 Å². The summed E-state index contributed by atoms with van der Waals surface area (Å²) < 4.78 is 62.6. The molecule has 0 fully saturated rings. The van der Waals surface area contributed by atoms with Crippen molar-refractivity contribution in [3.63, 3.8) is 0 Å². The summed E-state index contributed by atoms with van der Waals surface area (Å²) in [5, 5.41) is 54.5. The van der Waals surface area contributed by atoms with Crippen LogP contribution in [0.15, 0.2) is 182 Å². The van der Waals surface area contributed by atoms with Crippen LogP contribution in [0.4, 0.5) is 0 Å². The highest BCUT2D eigenvalue weighted by Gasteiger charge is 2.14. The Kier molecular flexibility index (Phi) is 31.5. The molecule has 0 radical (unpaired) electrons. The van der Waals surface area contributed by atoms with Crippen molar-refractivity contribution in [1.29, 1.82) is 0 Å². The Morgan fingerprint density at radius 3 is 0.379 bits per heavy atom. The van der Waals surface area contributed by atoms with Crippen molar-refractivity contribution in [3.8, 4) is 0 Å². The highest BCUT2D eigenvalue weighted by Crippen LogP contribution is 2.37. The van der Waals surface area contributed by atoms with Gasteiger partial charge in [0.2, 0.25) is 48.2 Å². The zero-order chi connectivity index (χ0) is 49.6. The molecule has 6 rings (SSSR count). The van der Waals surface area contributed by atoms with E-state index in [4.69, 9.17) is 60.0 Å². The number of rotatable bonds is 12. The molecule has 24 heteroatoms. The van der Waals surface area contributed by atoms with Crippen LogP contribution < -0.4 is 0 Å². The molecule has 0 saturated carbocycles. The van der Waals surface area contributed by atoms with E-state index in [0.717, 1.165) is 0 Å². The normalized spacial score (nSPS) is 15.8. The SMILES string of the molecule is O=[PH](O)C(O)c1ccccc1.O=[PH](O)C(O)c1ccccc1.O=[PH](O)C(O)c1ccccc1.O=[PH](O)C(O)c1ccccc1.O=[PH](O)C(O)c1ccccc1.O=[PH](O)C(O)c1ccccc1. The summed E-state index contributed by atoms with van der Waals surface area (Å²) in [7, 11) is -17.2. The lowest BCUT2D eigenvalue weighted by atomic mass is 10.2. The van der Waals surface area contributed by atoms with Crippen LogP contribution in [-0.4, -0.2) is 60.0 Å². The lowest BCUT2D eigenvalue weighted by Crippen LogP contribution is -1.89. The van der Waals surface area contributed by atoms with Crippen molar-refractivity contribution in [2.45, 2.75) is 35.1 Å². The van der Waals surface area contributed by atoms with Crippen LogP contribution in [0.1, 0.15) is 68.5 Å². The molecule has 12 unspecified atom stereocenters. The van der Waals surface area contributed by atoms with Gasteiger partial charge in [0.05, 0.1) is 0 Å². The molecule has 6 aromatic carbocycles. The molecule has 66 heavy (non-hydrogen) atoms. The van der Waals surface area contributed by atoms with Crippen molar-refractivity contribution in [1.82, 2.24) is 0 Å². The monoisotopic (exact) mass is 1030 g/mol. The summed E-state index contributed by atoms with van der Waals surface area (Å²) in [4.78, 5) is 51.4. The molecule has 12 atom stereocenters. The number of benzene rings is 6. The highest BCUT2D eigenvalue weighted by atomic mass is 31.1. The summed E-state index contributed by atoms with van der Waals surface area (Å²) in [6, 6.07) is 50.6. The first kappa shape index (κ1) is 60.2. The number of hydrogen-bond donors (Lipinski definition) is 12. The third kappa shape index (κ3) is 24.8. The standard InChI is InChI=1S/6C7H9O3P/c6*8-7(11(9)10)6-4-2-1-3-5-6/h6*1-5,7-8,11H,(H,9,10). The predicted molar refractivity (Wildman–Crippen MR) is 256 cm³/mol. The van der Waals surface area contributed by atoms with Crippen LogP contribution in [0.3, 0.4) is 0 Å². The summed E-state index contributed by atoms with van der Waals surface area (Å²) in [6.07, 6.45) is 0. The third-order valence-corrected chi connectivity index (χ3v) is 12.9. The first-order valence-corrected chi connectivity index (χ1v) is 27.6. The second-order valence-corrected chi connectivity index (χ2v) is 20.2.